The van der Waals surface area contributed by atoms with Crippen LogP contribution in [0.5, 0.6) is 0 Å². The van der Waals surface area contributed by atoms with E-state index in [0.29, 0.717) is 54.3 Å². The van der Waals surface area contributed by atoms with Gasteiger partial charge in [-0.15, -0.1) is 0 Å². The van der Waals surface area contributed by atoms with Crippen molar-refractivity contribution < 1.29 is 95.0 Å². The number of nitrogens with zero attached hydrogens (tertiary/aromatic N) is 6. The summed E-state index contributed by atoms with van der Waals surface area (Å²) in [5.41, 5.74) is 3.86. The Labute approximate surface area is 719 Å². The van der Waals surface area contributed by atoms with Gasteiger partial charge in [-0.05, 0) is 243 Å². The molecule has 27 heteroatoms. The van der Waals surface area contributed by atoms with E-state index in [1.807, 2.05) is 45.7 Å². The van der Waals surface area contributed by atoms with Crippen LogP contribution in [0.3, 0.4) is 0 Å². The first-order chi connectivity index (χ1) is 57.5. The first kappa shape index (κ1) is 95.7. The molecule has 7 heterocycles. The molecule has 1 aromatic rings. The highest BCUT2D eigenvalue weighted by molar-refractivity contribution is 6.29. The summed E-state index contributed by atoms with van der Waals surface area (Å²) in [6.07, 6.45) is 22.9. The van der Waals surface area contributed by atoms with Crippen molar-refractivity contribution in [2.24, 2.45) is 76.0 Å². The summed E-state index contributed by atoms with van der Waals surface area (Å²) in [4.78, 5) is 70.4. The molecule has 2 saturated carbocycles. The molecule has 8 fully saturated rings. The number of nitriles is 1. The molecule has 0 N–H and O–H groups in total. The Morgan fingerprint density at radius 3 is 1.44 bits per heavy atom. The number of aromatic nitrogens is 1. The molecule has 12 aliphatic rings. The van der Waals surface area contributed by atoms with Crippen LogP contribution in [0.2, 0.25) is 5.15 Å². The van der Waals surface area contributed by atoms with Gasteiger partial charge in [0.2, 0.25) is 6.19 Å². The molecule has 1 aromatic heterocycles. The Morgan fingerprint density at radius 1 is 0.533 bits per heavy atom. The highest BCUT2D eigenvalue weighted by atomic mass is 35.5. The van der Waals surface area contributed by atoms with Gasteiger partial charge in [0, 0.05) is 98.2 Å². The molecule has 0 amide bonds. The van der Waals surface area contributed by atoms with E-state index in [2.05, 4.69) is 113 Å². The highest BCUT2D eigenvalue weighted by Gasteiger charge is 2.57. The van der Waals surface area contributed by atoms with Crippen LogP contribution in [-0.4, -0.2) is 262 Å². The lowest BCUT2D eigenvalue weighted by Crippen LogP contribution is -2.59. The third-order valence-electron chi connectivity index (χ3n) is 28.9. The van der Waals surface area contributed by atoms with Gasteiger partial charge < -0.3 is 90.5 Å². The molecule has 6 aliphatic heterocycles. The summed E-state index contributed by atoms with van der Waals surface area (Å²) < 4.78 is 99.3. The lowest BCUT2D eigenvalue weighted by atomic mass is 9.67. The van der Waals surface area contributed by atoms with Gasteiger partial charge in [0.25, 0.3) is 0 Å². The molecule has 6 aliphatic carbocycles. The number of ether oxygens (including phenoxy) is 16. The molecular formula is C93H143ClN6O20. The van der Waals surface area contributed by atoms with Gasteiger partial charge in [-0.3, -0.25) is 19.2 Å². The van der Waals surface area contributed by atoms with Gasteiger partial charge in [-0.2, -0.15) is 10.3 Å². The summed E-state index contributed by atoms with van der Waals surface area (Å²) in [6, 6.07) is 4.31. The number of carbonyl (C=O) groups excluding carboxylic acids is 4. The molecule has 120 heavy (non-hydrogen) atoms. The third-order valence-corrected chi connectivity index (χ3v) is 29.1. The fraction of sp³-hybridized carbons (Fsp3) is 0.796. The van der Waals surface area contributed by atoms with E-state index in [1.54, 1.807) is 68.0 Å². The molecule has 34 atom stereocenters. The van der Waals surface area contributed by atoms with Crippen molar-refractivity contribution in [1.82, 2.24) is 19.7 Å². The monoisotopic (exact) mass is 1700 g/mol. The number of pyridine rings is 1. The number of rotatable bonds is 20. The molecule has 6 saturated heterocycles. The predicted molar refractivity (Wildman–Crippen MR) is 453 cm³/mol. The van der Waals surface area contributed by atoms with Crippen molar-refractivity contribution in [2.45, 2.75) is 326 Å². The zero-order valence-corrected chi connectivity index (χ0v) is 76.2. The minimum Gasteiger partial charge on any atom is -0.462 e. The van der Waals surface area contributed by atoms with Gasteiger partial charge in [-0.1, -0.05) is 81.3 Å². The Kier molecular flexibility index (Phi) is 35.0. The van der Waals surface area contributed by atoms with E-state index >= 15 is 0 Å². The number of hydrogen-bond acceptors (Lipinski definition) is 25. The smallest absolute Gasteiger partial charge is 0.306 e. The average molecular weight is 1700 g/mol. The quantitative estimate of drug-likeness (QED) is 0.0293. The number of carbonyl (C=O) groups is 4. The molecule has 0 spiro atoms. The maximum Gasteiger partial charge on any atom is 0.306 e. The number of allylic oxidation sites excluding steroid dienone is 8. The third kappa shape index (κ3) is 22.5. The number of fused-ring (bicyclic) bond motifs is 10. The van der Waals surface area contributed by atoms with Crippen molar-refractivity contribution in [1.29, 1.82) is 5.26 Å². The van der Waals surface area contributed by atoms with Crippen LogP contribution in [0.15, 0.2) is 70.4 Å². The number of ketones is 2. The van der Waals surface area contributed by atoms with Gasteiger partial charge in [0.15, 0.2) is 36.7 Å². The fourth-order valence-corrected chi connectivity index (χ4v) is 22.3. The van der Waals surface area contributed by atoms with Crippen molar-refractivity contribution in [2.75, 3.05) is 77.9 Å². The first-order valence-electron chi connectivity index (χ1n) is 44.7. The maximum atomic E-state index is 14.7. The minimum absolute atomic E-state index is 0.0364. The minimum atomic E-state index is -0.598. The Balaban J connectivity index is 0.000000200. The van der Waals surface area contributed by atoms with Gasteiger partial charge in [0.1, 0.15) is 59.8 Å². The molecule has 0 radical (unpaired) electrons. The van der Waals surface area contributed by atoms with Crippen LogP contribution in [-0.2, 0) is 102 Å². The van der Waals surface area contributed by atoms with E-state index in [0.717, 1.165) is 107 Å². The second-order valence-electron chi connectivity index (χ2n) is 36.6. The van der Waals surface area contributed by atoms with E-state index in [4.69, 9.17) is 92.7 Å². The van der Waals surface area contributed by atoms with Crippen LogP contribution in [0.1, 0.15) is 190 Å². The molecular weight excluding hydrogens is 1560 g/mol. The predicted octanol–water partition coefficient (Wildman–Crippen LogP) is 13.4. The van der Waals surface area contributed by atoms with Crippen molar-refractivity contribution >= 4 is 40.9 Å². The van der Waals surface area contributed by atoms with Crippen molar-refractivity contribution in [3.8, 4) is 6.19 Å². The standard InChI is InChI=1S/C42H67NO10.C41H65NO10.C10H11ClN4/c1-11-26-13-12-14-35(53-37-16-15-34(43(6)7)24(4)49-37)23(3)38(45)33-20-31-29(32(33)21-36(44)51-26)17-22(2)28-18-27(19-30(28)31)52-42-41(48-10)40(47-9)39(46-8)25(5)50-42;1-10-26-12-11-13-34(52-36-17-16-33(42(5)6)23(3)48-36)22(2)37(44)32-20-30-28(31(32)21-35(43)50-26)15-14-25-18-27(19-29(25)30)51-41-40(47-9)39(46-8)38(45-7)24(4)49-41;1-8(14-7-12)15(2)6-9-3-4-10(11)13-5-9/h17,20,23-32,34-35,37,39-42H,11-16,18-19,21H2,1-10H3;14-15,20,22-31,33-34,36,38-41H,10-13,16-19,21H2,1-9H3;3-5H,6H2,1-2H3/b;;14-8+/t23-,24-,25+,26+,27-,28+,29-,30-,31-,32+,34+,35+,37+,39+,40-,41-,42+;22-,23-,24+,25-,26+,27-,28-,29-,30-,31+,33+,34+,36+,38+,39-,40-,41+;/m11./s1. The molecule has 13 rings (SSSR count). The summed E-state index contributed by atoms with van der Waals surface area (Å²) in [7, 11) is 20.2. The number of methoxy groups -OCH3 is 6. The van der Waals surface area contributed by atoms with E-state index < -0.39 is 24.8 Å². The zero-order chi connectivity index (χ0) is 86.7. The SMILES string of the molecule is C/C(=N\C#N)N(C)Cc1ccc(Cl)nc1.CC[C@H]1CCC[C@H](O[C@H]2CC[C@H](N(C)C)[C@@H](C)O2)[C@@H](C)C(=O)C2=C[C@@H]3[C@@H](C=C(C)[C@@H]4C[C@@H](O[C@@H]5O[C@@H](C)[C@H](OC)[C@@H](OC)[C@H]5OC)C[C@@H]34)[C@@H]2CC(=O)O1.CC[C@H]1CCC[C@H](O[C@H]2CC[C@H](N(C)C)[C@@H](C)O2)[C@@H](C)C(=O)C2=C[C@@H]3[C@@H](C=C[C@@H]4C[C@@H](O[C@@H]5O[C@@H](C)[C@H](OC)[C@@H](OC)[C@H]5OC)C[C@@H]34)[C@@H]2CC(=O)O1. The number of likely N-dealkylation sites (N-methyl/N-ethyl adjacent to an activating group) is 2. The largest absolute Gasteiger partial charge is 0.462 e. The molecule has 0 bridgehead atoms. The van der Waals surface area contributed by atoms with Gasteiger partial charge in [-0.25, -0.2) is 4.98 Å². The normalized spacial score (nSPS) is 41.2. The first-order valence-corrected chi connectivity index (χ1v) is 45.1. The number of cyclic esters (lactones) is 2. The summed E-state index contributed by atoms with van der Waals surface area (Å²) in [6.45, 7) is 21.0. The van der Waals surface area contributed by atoms with Crippen molar-refractivity contribution in [3.63, 3.8) is 0 Å². The zero-order valence-electron chi connectivity index (χ0n) is 75.4. The van der Waals surface area contributed by atoms with E-state index in [1.165, 1.54) is 5.57 Å². The molecule has 0 unspecified atom stereocenters. The lowest BCUT2D eigenvalue weighted by molar-refractivity contribution is -0.314. The topological polar surface area (TPSA) is 275 Å². The van der Waals surface area contributed by atoms with Crippen LogP contribution < -0.4 is 0 Å². The van der Waals surface area contributed by atoms with E-state index in [-0.39, 0.29) is 194 Å². The van der Waals surface area contributed by atoms with Gasteiger partial charge in [0.05, 0.1) is 61.7 Å². The van der Waals surface area contributed by atoms with Crippen LogP contribution in [0, 0.1) is 82.5 Å². The number of aliphatic imine (C=N–C) groups is 1. The summed E-state index contributed by atoms with van der Waals surface area (Å²) in [5.74, 6) is 0.703. The summed E-state index contributed by atoms with van der Waals surface area (Å²) in [5, 5.41) is 8.87. The van der Waals surface area contributed by atoms with Crippen LogP contribution >= 0.6 is 11.6 Å². The number of hydrogen-bond donors (Lipinski definition) is 0. The second-order valence-corrected chi connectivity index (χ2v) is 37.0. The number of amidine groups is 1. The van der Waals surface area contributed by atoms with Gasteiger partial charge >= 0.3 is 11.9 Å². The number of Topliss-reactive ketones (excluding diaryl/α,β-unsaturated/α-hetero) is 2. The van der Waals surface area contributed by atoms with E-state index in [9.17, 15) is 19.2 Å². The summed E-state index contributed by atoms with van der Waals surface area (Å²) >= 11 is 5.67. The Hall–Kier alpha value is -5.00. The molecule has 672 valence electrons. The average Bonchev–Trinajstić information content (AvgIpc) is 1.59. The second kappa shape index (κ2) is 43.9. The molecule has 0 aromatic carbocycles. The lowest BCUT2D eigenvalue weighted by Gasteiger charge is -2.44. The fourth-order valence-electron chi connectivity index (χ4n) is 22.2. The number of halogens is 1. The number of esters is 2. The molecule has 26 nitrogen and oxygen atoms in total. The highest BCUT2D eigenvalue weighted by Crippen LogP contribution is 2.58. The Morgan fingerprint density at radius 2 is 1.00 bits per heavy atom. The Bertz CT molecular complexity index is 3730. The van der Waals surface area contributed by atoms with Crippen LogP contribution in [0.25, 0.3) is 0 Å². The van der Waals surface area contributed by atoms with Crippen LogP contribution in [0.4, 0.5) is 0 Å². The van der Waals surface area contributed by atoms with Crippen molar-refractivity contribution in [3.05, 3.63) is 76.1 Å². The maximum absolute atomic E-state index is 14.7.